The highest BCUT2D eigenvalue weighted by Crippen LogP contribution is 2.18. The number of rotatable bonds is 4. The first-order valence-electron chi connectivity index (χ1n) is 5.36. The van der Waals surface area contributed by atoms with Gasteiger partial charge in [-0.15, -0.1) is 0 Å². The van der Waals surface area contributed by atoms with Gasteiger partial charge in [0.1, 0.15) is 18.2 Å². The van der Waals surface area contributed by atoms with Gasteiger partial charge in [0.25, 0.3) is 0 Å². The van der Waals surface area contributed by atoms with Gasteiger partial charge in [-0.3, -0.25) is 0 Å². The molecule has 92 valence electrons. The van der Waals surface area contributed by atoms with E-state index in [0.717, 1.165) is 11.6 Å². The molecule has 1 N–H and O–H groups in total. The predicted octanol–water partition coefficient (Wildman–Crippen LogP) is 3.10. The lowest BCUT2D eigenvalue weighted by atomic mass is 10.2. The first kappa shape index (κ1) is 12.1. The van der Waals surface area contributed by atoms with Gasteiger partial charge in [-0.1, -0.05) is 30.3 Å². The van der Waals surface area contributed by atoms with Crippen molar-refractivity contribution in [2.45, 2.75) is 6.61 Å². The van der Waals surface area contributed by atoms with E-state index < -0.39 is 11.8 Å². The molecular formula is C14H11FO3. The Morgan fingerprint density at radius 3 is 2.56 bits per heavy atom. The summed E-state index contributed by atoms with van der Waals surface area (Å²) in [6.07, 6.45) is 0. The van der Waals surface area contributed by atoms with Crippen molar-refractivity contribution in [3.05, 3.63) is 65.5 Å². The van der Waals surface area contributed by atoms with Crippen LogP contribution in [0.25, 0.3) is 0 Å². The molecule has 4 heteroatoms. The minimum Gasteiger partial charge on any atom is -0.489 e. The van der Waals surface area contributed by atoms with Gasteiger partial charge in [-0.05, 0) is 23.8 Å². The summed E-state index contributed by atoms with van der Waals surface area (Å²) in [5.41, 5.74) is 0.569. The van der Waals surface area contributed by atoms with Crippen LogP contribution in [0.3, 0.4) is 0 Å². The summed E-state index contributed by atoms with van der Waals surface area (Å²) < 4.78 is 18.6. The van der Waals surface area contributed by atoms with E-state index in [-0.39, 0.29) is 5.56 Å². The van der Waals surface area contributed by atoms with Gasteiger partial charge in [0.2, 0.25) is 0 Å². The molecule has 3 nitrogen and oxygen atoms in total. The summed E-state index contributed by atoms with van der Waals surface area (Å²) >= 11 is 0. The van der Waals surface area contributed by atoms with Crippen molar-refractivity contribution in [3.63, 3.8) is 0 Å². The van der Waals surface area contributed by atoms with Gasteiger partial charge >= 0.3 is 5.97 Å². The van der Waals surface area contributed by atoms with Crippen LogP contribution in [0.4, 0.5) is 4.39 Å². The van der Waals surface area contributed by atoms with Crippen LogP contribution in [0.2, 0.25) is 0 Å². The van der Waals surface area contributed by atoms with Crippen molar-refractivity contribution in [1.29, 1.82) is 0 Å². The zero-order valence-electron chi connectivity index (χ0n) is 9.47. The molecule has 2 rings (SSSR count). The second-order valence-electron chi connectivity index (χ2n) is 3.72. The number of carbonyl (C=O) groups is 1. The van der Waals surface area contributed by atoms with E-state index in [4.69, 9.17) is 9.84 Å². The van der Waals surface area contributed by atoms with E-state index in [9.17, 15) is 9.18 Å². The van der Waals surface area contributed by atoms with Crippen molar-refractivity contribution in [1.82, 2.24) is 0 Å². The first-order chi connectivity index (χ1) is 8.66. The monoisotopic (exact) mass is 246 g/mol. The van der Waals surface area contributed by atoms with Crippen LogP contribution in [0, 0.1) is 5.82 Å². The Balaban J connectivity index is 2.11. The molecule has 0 atom stereocenters. The van der Waals surface area contributed by atoms with E-state index in [0.29, 0.717) is 12.4 Å². The highest BCUT2D eigenvalue weighted by atomic mass is 19.1. The summed E-state index contributed by atoms with van der Waals surface area (Å²) in [5, 5.41) is 8.78. The van der Waals surface area contributed by atoms with Crippen LogP contribution in [-0.2, 0) is 6.61 Å². The number of halogens is 1. The summed E-state index contributed by atoms with van der Waals surface area (Å²) in [4.78, 5) is 10.8. The topological polar surface area (TPSA) is 46.5 Å². The molecule has 18 heavy (non-hydrogen) atoms. The van der Waals surface area contributed by atoms with Gasteiger partial charge in [-0.2, -0.15) is 0 Å². The fourth-order valence-corrected chi connectivity index (χ4v) is 1.50. The molecule has 0 bridgehead atoms. The summed E-state index contributed by atoms with van der Waals surface area (Å²) in [6, 6.07) is 13.1. The van der Waals surface area contributed by atoms with E-state index in [1.54, 1.807) is 0 Å². The Morgan fingerprint density at radius 1 is 1.17 bits per heavy atom. The molecule has 0 spiro atoms. The van der Waals surface area contributed by atoms with Crippen LogP contribution in [0.5, 0.6) is 5.75 Å². The second kappa shape index (κ2) is 5.31. The molecule has 0 aliphatic heterocycles. The van der Waals surface area contributed by atoms with Crippen molar-refractivity contribution in [2.24, 2.45) is 0 Å². The SMILES string of the molecule is O=C(O)c1cc(OCc2ccccc2)ccc1F. The second-order valence-corrected chi connectivity index (χ2v) is 3.72. The lowest BCUT2D eigenvalue weighted by molar-refractivity contribution is 0.0691. The minimum absolute atomic E-state index is 0.311. The van der Waals surface area contributed by atoms with E-state index in [2.05, 4.69) is 0 Å². The summed E-state index contributed by atoms with van der Waals surface area (Å²) in [7, 11) is 0. The van der Waals surface area contributed by atoms with Gasteiger partial charge in [0.15, 0.2) is 0 Å². The van der Waals surface area contributed by atoms with E-state index in [1.807, 2.05) is 30.3 Å². The van der Waals surface area contributed by atoms with Gasteiger partial charge in [0, 0.05) is 0 Å². The third-order valence-corrected chi connectivity index (χ3v) is 2.42. The molecule has 0 unspecified atom stereocenters. The van der Waals surface area contributed by atoms with Crippen LogP contribution >= 0.6 is 0 Å². The van der Waals surface area contributed by atoms with E-state index in [1.165, 1.54) is 12.1 Å². The number of hydrogen-bond acceptors (Lipinski definition) is 2. The Morgan fingerprint density at radius 2 is 1.89 bits per heavy atom. The quantitative estimate of drug-likeness (QED) is 0.901. The standard InChI is InChI=1S/C14H11FO3/c15-13-7-6-11(8-12(13)14(16)17)18-9-10-4-2-1-3-5-10/h1-8H,9H2,(H,16,17). The number of carboxylic acid groups (broad SMARTS) is 1. The maximum absolute atomic E-state index is 13.1. The molecular weight excluding hydrogens is 235 g/mol. The predicted molar refractivity (Wildman–Crippen MR) is 64.1 cm³/mol. The third-order valence-electron chi connectivity index (χ3n) is 2.42. The van der Waals surface area contributed by atoms with Crippen LogP contribution < -0.4 is 4.74 Å². The molecule has 0 saturated carbocycles. The van der Waals surface area contributed by atoms with Crippen molar-refractivity contribution in [2.75, 3.05) is 0 Å². The summed E-state index contributed by atoms with van der Waals surface area (Å²) in [5.74, 6) is -1.75. The average Bonchev–Trinajstić information content (AvgIpc) is 2.38. The highest BCUT2D eigenvalue weighted by Gasteiger charge is 2.11. The Labute approximate surface area is 103 Å². The highest BCUT2D eigenvalue weighted by molar-refractivity contribution is 5.88. The van der Waals surface area contributed by atoms with E-state index >= 15 is 0 Å². The Hall–Kier alpha value is -2.36. The smallest absolute Gasteiger partial charge is 0.338 e. The van der Waals surface area contributed by atoms with Crippen molar-refractivity contribution in [3.8, 4) is 5.75 Å². The third kappa shape index (κ3) is 2.85. The molecule has 0 radical (unpaired) electrons. The number of ether oxygens (including phenoxy) is 1. The van der Waals surface area contributed by atoms with Crippen LogP contribution in [0.15, 0.2) is 48.5 Å². The molecule has 2 aromatic rings. The minimum atomic E-state index is -1.31. The molecule has 0 aromatic heterocycles. The van der Waals surface area contributed by atoms with Gasteiger partial charge in [-0.25, -0.2) is 9.18 Å². The number of hydrogen-bond donors (Lipinski definition) is 1. The lowest BCUT2D eigenvalue weighted by Gasteiger charge is -2.07. The molecule has 0 aliphatic carbocycles. The molecule has 0 fully saturated rings. The zero-order valence-corrected chi connectivity index (χ0v) is 9.47. The fraction of sp³-hybridized carbons (Fsp3) is 0.0714. The zero-order chi connectivity index (χ0) is 13.0. The largest absolute Gasteiger partial charge is 0.489 e. The Kier molecular flexibility index (Phi) is 3.57. The van der Waals surface area contributed by atoms with Crippen LogP contribution in [0.1, 0.15) is 15.9 Å². The maximum atomic E-state index is 13.1. The fourth-order valence-electron chi connectivity index (χ4n) is 1.50. The molecule has 0 heterocycles. The molecule has 0 amide bonds. The molecule has 0 saturated heterocycles. The van der Waals surface area contributed by atoms with Crippen molar-refractivity contribution >= 4 is 5.97 Å². The normalized spacial score (nSPS) is 10.1. The maximum Gasteiger partial charge on any atom is 0.338 e. The van der Waals surface area contributed by atoms with Gasteiger partial charge < -0.3 is 9.84 Å². The number of carboxylic acids is 1. The number of aromatic carboxylic acids is 1. The molecule has 2 aromatic carbocycles. The number of benzene rings is 2. The summed E-state index contributed by atoms with van der Waals surface area (Å²) in [6.45, 7) is 0.311. The van der Waals surface area contributed by atoms with Gasteiger partial charge in [0.05, 0.1) is 5.56 Å². The van der Waals surface area contributed by atoms with Crippen molar-refractivity contribution < 1.29 is 19.0 Å². The molecule has 0 aliphatic rings. The van der Waals surface area contributed by atoms with Crippen LogP contribution in [-0.4, -0.2) is 11.1 Å². The lowest BCUT2D eigenvalue weighted by Crippen LogP contribution is -2.02. The Bertz CT molecular complexity index is 552. The first-order valence-corrected chi connectivity index (χ1v) is 5.36. The average molecular weight is 246 g/mol.